The number of halogens is 2. The molecule has 1 amide bonds. The molecule has 0 spiro atoms. The summed E-state index contributed by atoms with van der Waals surface area (Å²) in [6, 6.07) is 4.36. The summed E-state index contributed by atoms with van der Waals surface area (Å²) >= 11 is 6.01. The number of likely N-dealkylation sites (tertiary alicyclic amines) is 1. The average Bonchev–Trinajstić information content (AvgIpc) is 2.42. The minimum atomic E-state index is -0.343. The summed E-state index contributed by atoms with van der Waals surface area (Å²) in [7, 11) is 1.88. The Bertz CT molecular complexity index is 501. The van der Waals surface area contributed by atoms with Crippen molar-refractivity contribution in [3.05, 3.63) is 34.6 Å². The van der Waals surface area contributed by atoms with Gasteiger partial charge in [-0.1, -0.05) is 24.6 Å². The smallest absolute Gasteiger partial charge is 0.236 e. The normalized spacial score (nSPS) is 16.5. The van der Waals surface area contributed by atoms with Crippen molar-refractivity contribution in [1.29, 1.82) is 0 Å². The summed E-state index contributed by atoms with van der Waals surface area (Å²) in [5.41, 5.74) is 0.834. The lowest BCUT2D eigenvalue weighted by molar-refractivity contribution is -0.133. The Morgan fingerprint density at radius 3 is 2.71 bits per heavy atom. The van der Waals surface area contributed by atoms with Gasteiger partial charge in [-0.05, 0) is 43.5 Å². The molecule has 1 fully saturated rings. The first-order valence-electron chi connectivity index (χ1n) is 7.36. The summed E-state index contributed by atoms with van der Waals surface area (Å²) in [6.45, 7) is 4.83. The number of nitrogens with zero attached hydrogens (tertiary/aromatic N) is 2. The second kappa shape index (κ2) is 7.23. The van der Waals surface area contributed by atoms with Crippen molar-refractivity contribution in [3.63, 3.8) is 0 Å². The monoisotopic (exact) mass is 312 g/mol. The fourth-order valence-electron chi connectivity index (χ4n) is 2.59. The number of rotatable bonds is 4. The molecule has 0 aliphatic carbocycles. The molecule has 21 heavy (non-hydrogen) atoms. The fraction of sp³-hybridized carbons (Fsp3) is 0.562. The van der Waals surface area contributed by atoms with Gasteiger partial charge in [0.1, 0.15) is 5.82 Å². The zero-order valence-corrected chi connectivity index (χ0v) is 13.4. The van der Waals surface area contributed by atoms with E-state index in [9.17, 15) is 9.18 Å². The van der Waals surface area contributed by atoms with E-state index in [4.69, 9.17) is 11.6 Å². The SMILES string of the molecule is CC1CCN(C(=O)CN(C)Cc2ccc(F)cc2Cl)CC1. The Hall–Kier alpha value is -1.13. The minimum absolute atomic E-state index is 0.155. The first-order chi connectivity index (χ1) is 9.95. The third-order valence-corrected chi connectivity index (χ3v) is 4.35. The number of carbonyl (C=O) groups is 1. The largest absolute Gasteiger partial charge is 0.342 e. The predicted molar refractivity (Wildman–Crippen MR) is 82.7 cm³/mol. The Morgan fingerprint density at radius 1 is 1.43 bits per heavy atom. The van der Waals surface area contributed by atoms with Gasteiger partial charge in [0, 0.05) is 24.7 Å². The molecule has 1 aliphatic heterocycles. The molecule has 116 valence electrons. The molecule has 3 nitrogen and oxygen atoms in total. The van der Waals surface area contributed by atoms with Crippen LogP contribution >= 0.6 is 11.6 Å². The van der Waals surface area contributed by atoms with Crippen molar-refractivity contribution in [3.8, 4) is 0 Å². The maximum atomic E-state index is 13.0. The molecule has 0 aromatic heterocycles. The second-order valence-corrected chi connectivity index (χ2v) is 6.38. The van der Waals surface area contributed by atoms with Gasteiger partial charge >= 0.3 is 0 Å². The van der Waals surface area contributed by atoms with Gasteiger partial charge in [-0.25, -0.2) is 4.39 Å². The van der Waals surface area contributed by atoms with Gasteiger partial charge in [0.2, 0.25) is 5.91 Å². The number of hydrogen-bond donors (Lipinski definition) is 0. The van der Waals surface area contributed by atoms with Crippen LogP contribution in [0.15, 0.2) is 18.2 Å². The van der Waals surface area contributed by atoms with Gasteiger partial charge in [0.25, 0.3) is 0 Å². The Labute approximate surface area is 130 Å². The lowest BCUT2D eigenvalue weighted by Gasteiger charge is -2.31. The van der Waals surface area contributed by atoms with Crippen LogP contribution < -0.4 is 0 Å². The molecule has 1 aliphatic rings. The highest BCUT2D eigenvalue weighted by Gasteiger charge is 2.21. The molecule has 0 radical (unpaired) electrons. The van der Waals surface area contributed by atoms with Crippen molar-refractivity contribution in [2.45, 2.75) is 26.3 Å². The van der Waals surface area contributed by atoms with Crippen molar-refractivity contribution in [2.24, 2.45) is 5.92 Å². The molecular formula is C16H22ClFN2O. The van der Waals surface area contributed by atoms with E-state index in [2.05, 4.69) is 6.92 Å². The topological polar surface area (TPSA) is 23.6 Å². The second-order valence-electron chi connectivity index (χ2n) is 5.97. The molecule has 0 unspecified atom stereocenters. The van der Waals surface area contributed by atoms with Crippen LogP contribution in [0.5, 0.6) is 0 Å². The van der Waals surface area contributed by atoms with E-state index < -0.39 is 0 Å². The molecule has 0 N–H and O–H groups in total. The van der Waals surface area contributed by atoms with Crippen molar-refractivity contribution < 1.29 is 9.18 Å². The van der Waals surface area contributed by atoms with Crippen LogP contribution in [0.2, 0.25) is 5.02 Å². The number of amides is 1. The number of likely N-dealkylation sites (N-methyl/N-ethyl adjacent to an activating group) is 1. The first-order valence-corrected chi connectivity index (χ1v) is 7.73. The van der Waals surface area contributed by atoms with Gasteiger partial charge < -0.3 is 4.90 Å². The quantitative estimate of drug-likeness (QED) is 0.852. The summed E-state index contributed by atoms with van der Waals surface area (Å²) in [6.07, 6.45) is 2.17. The zero-order valence-electron chi connectivity index (χ0n) is 12.6. The highest BCUT2D eigenvalue weighted by Crippen LogP contribution is 2.19. The van der Waals surface area contributed by atoms with Gasteiger partial charge in [-0.2, -0.15) is 0 Å². The van der Waals surface area contributed by atoms with Gasteiger partial charge in [0.15, 0.2) is 0 Å². The van der Waals surface area contributed by atoms with Crippen LogP contribution in [0, 0.1) is 11.7 Å². The summed E-state index contributed by atoms with van der Waals surface area (Å²) in [4.78, 5) is 16.1. The highest BCUT2D eigenvalue weighted by atomic mass is 35.5. The number of piperidine rings is 1. The maximum Gasteiger partial charge on any atom is 0.236 e. The van der Waals surface area contributed by atoms with E-state index in [1.54, 1.807) is 6.07 Å². The van der Waals surface area contributed by atoms with Crippen LogP contribution in [0.4, 0.5) is 4.39 Å². The maximum absolute atomic E-state index is 13.0. The van der Waals surface area contributed by atoms with E-state index in [1.807, 2.05) is 16.8 Å². The van der Waals surface area contributed by atoms with Crippen LogP contribution in [0.25, 0.3) is 0 Å². The van der Waals surface area contributed by atoms with Gasteiger partial charge in [-0.15, -0.1) is 0 Å². The van der Waals surface area contributed by atoms with Gasteiger partial charge in [0.05, 0.1) is 6.54 Å². The molecule has 1 aromatic carbocycles. The molecule has 1 heterocycles. The van der Waals surface area contributed by atoms with Crippen LogP contribution in [-0.4, -0.2) is 42.4 Å². The molecule has 1 aromatic rings. The fourth-order valence-corrected chi connectivity index (χ4v) is 2.81. The molecule has 0 atom stereocenters. The number of benzene rings is 1. The average molecular weight is 313 g/mol. The van der Waals surface area contributed by atoms with Crippen LogP contribution in [-0.2, 0) is 11.3 Å². The lowest BCUT2D eigenvalue weighted by atomic mass is 9.99. The van der Waals surface area contributed by atoms with E-state index in [0.717, 1.165) is 31.5 Å². The standard InChI is InChI=1S/C16H22ClFN2O/c1-12-5-7-20(8-6-12)16(21)11-19(2)10-13-3-4-14(18)9-15(13)17/h3-4,9,12H,5-8,10-11H2,1-2H3. The Balaban J connectivity index is 1.86. The molecular weight excluding hydrogens is 291 g/mol. The zero-order chi connectivity index (χ0) is 15.4. The molecule has 2 rings (SSSR count). The molecule has 0 bridgehead atoms. The minimum Gasteiger partial charge on any atom is -0.342 e. The third-order valence-electron chi connectivity index (χ3n) is 4.00. The van der Waals surface area contributed by atoms with Crippen molar-refractivity contribution in [1.82, 2.24) is 9.80 Å². The van der Waals surface area contributed by atoms with Gasteiger partial charge in [-0.3, -0.25) is 9.69 Å². The van der Waals surface area contributed by atoms with E-state index in [-0.39, 0.29) is 11.7 Å². The first kappa shape index (κ1) is 16.2. The Kier molecular flexibility index (Phi) is 5.59. The summed E-state index contributed by atoms with van der Waals surface area (Å²) < 4.78 is 13.0. The third kappa shape index (κ3) is 4.68. The molecule has 0 saturated carbocycles. The van der Waals surface area contributed by atoms with E-state index >= 15 is 0 Å². The Morgan fingerprint density at radius 2 is 2.10 bits per heavy atom. The summed E-state index contributed by atoms with van der Waals surface area (Å²) in [5, 5.41) is 0.404. The van der Waals surface area contributed by atoms with Crippen LogP contribution in [0.1, 0.15) is 25.3 Å². The lowest BCUT2D eigenvalue weighted by Crippen LogP contribution is -2.42. The van der Waals surface area contributed by atoms with Crippen LogP contribution in [0.3, 0.4) is 0 Å². The van der Waals surface area contributed by atoms with Crippen molar-refractivity contribution >= 4 is 17.5 Å². The summed E-state index contributed by atoms with van der Waals surface area (Å²) in [5.74, 6) is 0.525. The number of carbonyl (C=O) groups excluding carboxylic acids is 1. The predicted octanol–water partition coefficient (Wildman–Crippen LogP) is 3.17. The highest BCUT2D eigenvalue weighted by molar-refractivity contribution is 6.31. The molecule has 5 heteroatoms. The van der Waals surface area contributed by atoms with Crippen molar-refractivity contribution in [2.75, 3.05) is 26.7 Å². The molecule has 1 saturated heterocycles. The van der Waals surface area contributed by atoms with E-state index in [1.165, 1.54) is 12.1 Å². The number of hydrogen-bond acceptors (Lipinski definition) is 2. The van der Waals surface area contributed by atoms with E-state index in [0.29, 0.717) is 24.0 Å².